The molecular weight excluding hydrogens is 737 g/mol. The molecule has 6 unspecified atom stereocenters. The van der Waals surface area contributed by atoms with Gasteiger partial charge < -0.3 is 39.4 Å². The van der Waals surface area contributed by atoms with Gasteiger partial charge in [-0.3, -0.25) is 9.59 Å². The Labute approximate surface area is 353 Å². The molecule has 1 saturated heterocycles. The molecule has 0 amide bonds. The fourth-order valence-electron chi connectivity index (χ4n) is 7.28. The van der Waals surface area contributed by atoms with Crippen LogP contribution >= 0.6 is 0 Å². The lowest BCUT2D eigenvalue weighted by molar-refractivity contribution is -0.305. The summed E-state index contributed by atoms with van der Waals surface area (Å²) in [6.45, 7) is 3.41. The quantitative estimate of drug-likeness (QED) is 0.0267. The van der Waals surface area contributed by atoms with Crippen molar-refractivity contribution in [1.82, 2.24) is 0 Å². The Balaban J connectivity index is 2.24. The van der Waals surface area contributed by atoms with Crippen molar-refractivity contribution >= 4 is 11.9 Å². The van der Waals surface area contributed by atoms with Crippen LogP contribution in [0.3, 0.4) is 0 Å². The van der Waals surface area contributed by atoms with Crippen LogP contribution in [0.15, 0.2) is 24.3 Å². The van der Waals surface area contributed by atoms with E-state index < -0.39 is 49.4 Å². The molecule has 10 heteroatoms. The number of carbonyl (C=O) groups is 2. The van der Waals surface area contributed by atoms with Crippen molar-refractivity contribution in [3.63, 3.8) is 0 Å². The first-order chi connectivity index (χ1) is 28.3. The highest BCUT2D eigenvalue weighted by Gasteiger charge is 2.44. The van der Waals surface area contributed by atoms with E-state index in [1.807, 2.05) is 0 Å². The van der Waals surface area contributed by atoms with Crippen molar-refractivity contribution in [2.45, 2.75) is 250 Å². The van der Waals surface area contributed by atoms with Gasteiger partial charge in [-0.1, -0.05) is 179 Å². The maximum absolute atomic E-state index is 12.8. The zero-order valence-corrected chi connectivity index (χ0v) is 37.1. The van der Waals surface area contributed by atoms with Gasteiger partial charge in [0.15, 0.2) is 12.4 Å². The zero-order chi connectivity index (χ0) is 42.3. The molecule has 4 N–H and O–H groups in total. The first kappa shape index (κ1) is 54.2. The van der Waals surface area contributed by atoms with Gasteiger partial charge in [0, 0.05) is 12.8 Å². The van der Waals surface area contributed by atoms with E-state index in [1.165, 1.54) is 135 Å². The van der Waals surface area contributed by atoms with E-state index in [4.69, 9.17) is 18.9 Å². The van der Waals surface area contributed by atoms with Crippen LogP contribution in [0.5, 0.6) is 0 Å². The average Bonchev–Trinajstić information content (AvgIpc) is 3.22. The first-order valence-electron chi connectivity index (χ1n) is 23.9. The Morgan fingerprint density at radius 3 is 1.43 bits per heavy atom. The number of aliphatic hydroxyl groups excluding tert-OH is 4. The molecule has 0 aromatic rings. The molecule has 0 aromatic heterocycles. The van der Waals surface area contributed by atoms with E-state index >= 15 is 0 Å². The molecule has 1 aliphatic rings. The van der Waals surface area contributed by atoms with Crippen molar-refractivity contribution in [3.8, 4) is 0 Å². The lowest BCUT2D eigenvalue weighted by Crippen LogP contribution is -2.59. The molecule has 1 rings (SSSR count). The molecule has 1 aliphatic heterocycles. The van der Waals surface area contributed by atoms with Crippen LogP contribution in [0.2, 0.25) is 0 Å². The third-order valence-electron chi connectivity index (χ3n) is 11.1. The van der Waals surface area contributed by atoms with E-state index in [2.05, 4.69) is 38.2 Å². The number of esters is 2. The number of ether oxygens (including phenoxy) is 4. The Bertz CT molecular complexity index is 1000. The van der Waals surface area contributed by atoms with Gasteiger partial charge in [-0.2, -0.15) is 0 Å². The first-order valence-corrected chi connectivity index (χ1v) is 23.9. The number of rotatable bonds is 40. The molecule has 0 aromatic carbocycles. The lowest BCUT2D eigenvalue weighted by atomic mass is 9.99. The second-order valence-electron chi connectivity index (χ2n) is 16.6. The summed E-state index contributed by atoms with van der Waals surface area (Å²) < 4.78 is 22.2. The maximum atomic E-state index is 12.8. The Morgan fingerprint density at radius 1 is 0.534 bits per heavy atom. The molecule has 0 aliphatic carbocycles. The summed E-state index contributed by atoms with van der Waals surface area (Å²) in [5.41, 5.74) is 0. The van der Waals surface area contributed by atoms with Crippen molar-refractivity contribution < 1.29 is 49.0 Å². The summed E-state index contributed by atoms with van der Waals surface area (Å²) in [6, 6.07) is 0. The molecule has 1 heterocycles. The Hall–Kier alpha value is -1.82. The molecule has 0 spiro atoms. The summed E-state index contributed by atoms with van der Waals surface area (Å²) in [5, 5.41) is 40.1. The SMILES string of the molecule is CCCCCCC/C=C\C/C=C\CCCCCCCCCCCCCC(=O)OC(COC(=O)CCCCCCCCCCCC)COC1OC(CO)C(O)C(O)C1O. The Morgan fingerprint density at radius 2 is 0.966 bits per heavy atom. The maximum Gasteiger partial charge on any atom is 0.306 e. The third kappa shape index (κ3) is 30.2. The van der Waals surface area contributed by atoms with Crippen molar-refractivity contribution in [2.24, 2.45) is 0 Å². The minimum absolute atomic E-state index is 0.214. The van der Waals surface area contributed by atoms with Crippen molar-refractivity contribution in [3.05, 3.63) is 24.3 Å². The largest absolute Gasteiger partial charge is 0.462 e. The topological polar surface area (TPSA) is 152 Å². The number of allylic oxidation sites excluding steroid dienone is 4. The van der Waals surface area contributed by atoms with Crippen molar-refractivity contribution in [1.29, 1.82) is 0 Å². The normalized spacial score (nSPS) is 20.3. The lowest BCUT2D eigenvalue weighted by Gasteiger charge is -2.39. The number of carbonyl (C=O) groups excluding carboxylic acids is 2. The van der Waals surface area contributed by atoms with E-state index in [0.717, 1.165) is 44.9 Å². The second kappa shape index (κ2) is 39.3. The molecule has 340 valence electrons. The second-order valence-corrected chi connectivity index (χ2v) is 16.6. The van der Waals surface area contributed by atoms with E-state index in [-0.39, 0.29) is 32.0 Å². The molecule has 10 nitrogen and oxygen atoms in total. The minimum atomic E-state index is -1.59. The van der Waals surface area contributed by atoms with Crippen molar-refractivity contribution in [2.75, 3.05) is 19.8 Å². The summed E-state index contributed by atoms with van der Waals surface area (Å²) in [6.07, 6.45) is 36.2. The molecule has 0 bridgehead atoms. The van der Waals surface area contributed by atoms with Crippen LogP contribution < -0.4 is 0 Å². The highest BCUT2D eigenvalue weighted by Crippen LogP contribution is 2.23. The summed E-state index contributed by atoms with van der Waals surface area (Å²) in [7, 11) is 0. The van der Waals surface area contributed by atoms with Crippen LogP contribution in [-0.4, -0.2) is 89.0 Å². The monoisotopic (exact) mass is 825 g/mol. The molecule has 1 fully saturated rings. The van der Waals surface area contributed by atoms with Gasteiger partial charge in [-0.25, -0.2) is 0 Å². The van der Waals surface area contributed by atoms with E-state index in [0.29, 0.717) is 6.42 Å². The summed E-state index contributed by atoms with van der Waals surface area (Å²) in [4.78, 5) is 25.3. The van der Waals surface area contributed by atoms with Gasteiger partial charge in [-0.15, -0.1) is 0 Å². The summed E-state index contributed by atoms with van der Waals surface area (Å²) >= 11 is 0. The van der Waals surface area contributed by atoms with Gasteiger partial charge in [0.25, 0.3) is 0 Å². The van der Waals surface area contributed by atoms with Gasteiger partial charge in [-0.05, 0) is 44.9 Å². The molecule has 0 radical (unpaired) electrons. The minimum Gasteiger partial charge on any atom is -0.462 e. The molecule has 6 atom stereocenters. The standard InChI is InChI=1S/C48H88O10/c1-3-5-7-9-11-13-15-16-17-18-19-20-21-22-23-24-25-26-27-29-31-33-35-37-44(51)57-41(40-56-48-47(54)46(53)45(52)42(38-49)58-48)39-55-43(50)36-34-32-30-28-14-12-10-8-6-4-2/h15-16,18-19,41-42,45-49,52-54H,3-14,17,20-40H2,1-2H3/b16-15-,19-18-. The Kier molecular flexibility index (Phi) is 36.7. The number of unbranched alkanes of at least 4 members (excludes halogenated alkanes) is 25. The highest BCUT2D eigenvalue weighted by molar-refractivity contribution is 5.70. The smallest absolute Gasteiger partial charge is 0.306 e. The van der Waals surface area contributed by atoms with Crippen LogP contribution in [0.4, 0.5) is 0 Å². The van der Waals surface area contributed by atoms with Gasteiger partial charge >= 0.3 is 11.9 Å². The highest BCUT2D eigenvalue weighted by atomic mass is 16.7. The van der Waals surface area contributed by atoms with Crippen LogP contribution in [0, 0.1) is 0 Å². The fourth-order valence-corrected chi connectivity index (χ4v) is 7.28. The predicted octanol–water partition coefficient (Wildman–Crippen LogP) is 10.5. The third-order valence-corrected chi connectivity index (χ3v) is 11.1. The molecular formula is C48H88O10. The van der Waals surface area contributed by atoms with Gasteiger partial charge in [0.1, 0.15) is 31.0 Å². The fraction of sp³-hybridized carbons (Fsp3) is 0.875. The predicted molar refractivity (Wildman–Crippen MR) is 233 cm³/mol. The molecule has 58 heavy (non-hydrogen) atoms. The van der Waals surface area contributed by atoms with Gasteiger partial charge in [0.2, 0.25) is 0 Å². The van der Waals surface area contributed by atoms with E-state index in [9.17, 15) is 30.0 Å². The average molecular weight is 825 g/mol. The van der Waals surface area contributed by atoms with Crippen LogP contribution in [0.25, 0.3) is 0 Å². The zero-order valence-electron chi connectivity index (χ0n) is 37.1. The van der Waals surface area contributed by atoms with E-state index in [1.54, 1.807) is 0 Å². The van der Waals surface area contributed by atoms with Crippen LogP contribution in [-0.2, 0) is 28.5 Å². The van der Waals surface area contributed by atoms with Crippen LogP contribution in [0.1, 0.15) is 213 Å². The number of hydrogen-bond donors (Lipinski definition) is 4. The number of hydrogen-bond acceptors (Lipinski definition) is 10. The van der Waals surface area contributed by atoms with Gasteiger partial charge in [0.05, 0.1) is 13.2 Å². The number of aliphatic hydroxyl groups is 4. The molecule has 0 saturated carbocycles. The summed E-state index contributed by atoms with van der Waals surface area (Å²) in [5.74, 6) is -0.803.